The van der Waals surface area contributed by atoms with Gasteiger partial charge in [-0.3, -0.25) is 9.59 Å². The Morgan fingerprint density at radius 1 is 1.33 bits per heavy atom. The van der Waals surface area contributed by atoms with Crippen molar-refractivity contribution in [1.82, 2.24) is 0 Å². The average Bonchev–Trinajstić information content (AvgIpc) is 2.87. The fourth-order valence-corrected chi connectivity index (χ4v) is 7.52. The number of fused-ring (bicyclic) bond motifs is 5. The van der Waals surface area contributed by atoms with Crippen LogP contribution in [0, 0.1) is 51.8 Å². The molecule has 0 unspecified atom stereocenters. The summed E-state index contributed by atoms with van der Waals surface area (Å²) in [6.07, 6.45) is 8.47. The molecule has 7 atom stereocenters. The fourth-order valence-electron chi connectivity index (χ4n) is 7.52. The summed E-state index contributed by atoms with van der Waals surface area (Å²) >= 11 is 0. The zero-order chi connectivity index (χ0) is 19.6. The van der Waals surface area contributed by atoms with Crippen LogP contribution in [-0.4, -0.2) is 16.7 Å². The van der Waals surface area contributed by atoms with Crippen molar-refractivity contribution in [2.75, 3.05) is 0 Å². The van der Waals surface area contributed by atoms with Crippen molar-refractivity contribution in [1.29, 1.82) is 5.26 Å². The molecule has 0 aromatic rings. The molecule has 0 aromatic carbocycles. The number of rotatable bonds is 2. The average molecular weight is 367 g/mol. The highest BCUT2D eigenvalue weighted by molar-refractivity contribution is 6.04. The number of hydrogen-bond donors (Lipinski definition) is 1. The molecule has 4 aliphatic carbocycles. The second kappa shape index (κ2) is 6.06. The van der Waals surface area contributed by atoms with Crippen molar-refractivity contribution in [2.45, 2.75) is 59.3 Å². The third kappa shape index (κ3) is 2.47. The van der Waals surface area contributed by atoms with Crippen LogP contribution in [0.1, 0.15) is 59.3 Å². The van der Waals surface area contributed by atoms with Crippen molar-refractivity contribution in [3.8, 4) is 6.07 Å². The van der Waals surface area contributed by atoms with Crippen LogP contribution in [0.3, 0.4) is 0 Å². The number of aliphatic hydroxyl groups is 1. The van der Waals surface area contributed by atoms with E-state index in [0.29, 0.717) is 23.7 Å². The van der Waals surface area contributed by atoms with Crippen LogP contribution in [0.4, 0.5) is 0 Å². The van der Waals surface area contributed by atoms with Gasteiger partial charge in [-0.05, 0) is 73.3 Å². The van der Waals surface area contributed by atoms with Gasteiger partial charge in [0.2, 0.25) is 5.78 Å². The van der Waals surface area contributed by atoms with Crippen LogP contribution in [0.2, 0.25) is 0 Å². The molecule has 0 bridgehead atoms. The first-order valence-corrected chi connectivity index (χ1v) is 10.3. The van der Waals surface area contributed by atoms with Gasteiger partial charge in [-0.15, -0.1) is 0 Å². The number of carbonyl (C=O) groups excluding carboxylic acids is 2. The monoisotopic (exact) mass is 367 g/mol. The van der Waals surface area contributed by atoms with Crippen LogP contribution in [0.15, 0.2) is 23.5 Å². The first kappa shape index (κ1) is 18.5. The second-order valence-electron chi connectivity index (χ2n) is 9.80. The van der Waals surface area contributed by atoms with E-state index in [1.54, 1.807) is 12.2 Å². The summed E-state index contributed by atoms with van der Waals surface area (Å²) in [5.74, 6) is 1.44. The maximum atomic E-state index is 12.7. The molecular formula is C23H29NO3. The van der Waals surface area contributed by atoms with Crippen LogP contribution in [0.5, 0.6) is 0 Å². The van der Waals surface area contributed by atoms with Crippen LogP contribution < -0.4 is 0 Å². The predicted octanol–water partition coefficient (Wildman–Crippen LogP) is 4.52. The fraction of sp³-hybridized carbons (Fsp3) is 0.696. The van der Waals surface area contributed by atoms with Crippen molar-refractivity contribution >= 4 is 11.6 Å². The lowest BCUT2D eigenvalue weighted by atomic mass is 9.47. The lowest BCUT2D eigenvalue weighted by Gasteiger charge is -2.56. The van der Waals surface area contributed by atoms with E-state index in [1.165, 1.54) is 5.57 Å². The molecule has 0 spiro atoms. The van der Waals surface area contributed by atoms with Gasteiger partial charge in [0.1, 0.15) is 0 Å². The number of aliphatic hydroxyl groups excluding tert-OH is 1. The number of ketones is 2. The first-order chi connectivity index (χ1) is 12.7. The molecule has 3 saturated carbocycles. The van der Waals surface area contributed by atoms with Crippen molar-refractivity contribution < 1.29 is 14.7 Å². The highest BCUT2D eigenvalue weighted by Gasteiger charge is 2.61. The molecule has 0 heterocycles. The standard InChI is InChI=1S/C23H29NO3/c1-13-10-17-15-5-4-14-11-19(26)20(27)12-23(14,3)16(15)6-8-22(17,2)21(13)18(25)7-9-24/h11-13,15-17,21,27H,4-8,10H2,1-3H3/t13-,15-,16+,17+,21-,22+,23+/m1/s1. The van der Waals surface area contributed by atoms with Gasteiger partial charge >= 0.3 is 0 Å². The lowest BCUT2D eigenvalue weighted by Crippen LogP contribution is -2.50. The molecule has 0 saturated heterocycles. The molecule has 4 rings (SSSR count). The molecule has 144 valence electrons. The molecule has 0 aliphatic heterocycles. The summed E-state index contributed by atoms with van der Waals surface area (Å²) in [6, 6.07) is 2.06. The highest BCUT2D eigenvalue weighted by Crippen LogP contribution is 2.67. The summed E-state index contributed by atoms with van der Waals surface area (Å²) < 4.78 is 0. The van der Waals surface area contributed by atoms with Crippen molar-refractivity contribution in [3.63, 3.8) is 0 Å². The molecular weight excluding hydrogens is 338 g/mol. The van der Waals surface area contributed by atoms with Gasteiger partial charge in [0.05, 0.1) is 12.5 Å². The Bertz CT molecular complexity index is 803. The molecule has 0 aromatic heterocycles. The van der Waals surface area contributed by atoms with E-state index < -0.39 is 0 Å². The minimum absolute atomic E-state index is 0.00952. The zero-order valence-electron chi connectivity index (χ0n) is 16.5. The number of Topliss-reactive ketones (excluding diaryl/α,β-unsaturated/α-hetero) is 1. The van der Waals surface area contributed by atoms with E-state index in [4.69, 9.17) is 5.26 Å². The summed E-state index contributed by atoms with van der Waals surface area (Å²) in [7, 11) is 0. The van der Waals surface area contributed by atoms with E-state index in [1.807, 2.05) is 0 Å². The lowest BCUT2D eigenvalue weighted by molar-refractivity contribution is -0.129. The molecule has 3 fully saturated rings. The summed E-state index contributed by atoms with van der Waals surface area (Å²) in [4.78, 5) is 24.7. The molecule has 27 heavy (non-hydrogen) atoms. The Hall–Kier alpha value is -1.89. The molecule has 0 radical (unpaired) electrons. The van der Waals surface area contributed by atoms with Crippen molar-refractivity contribution in [3.05, 3.63) is 23.5 Å². The van der Waals surface area contributed by atoms with Gasteiger partial charge in [0, 0.05) is 11.3 Å². The topological polar surface area (TPSA) is 78.2 Å². The van der Waals surface area contributed by atoms with Gasteiger partial charge in [-0.2, -0.15) is 5.26 Å². The summed E-state index contributed by atoms with van der Waals surface area (Å²) in [5, 5.41) is 19.1. The number of hydrogen-bond acceptors (Lipinski definition) is 4. The molecule has 4 nitrogen and oxygen atoms in total. The molecule has 1 N–H and O–H groups in total. The SMILES string of the molecule is C[C@@H]1C[C@H]2[C@@H]3CCC4=CC(=O)C(O)=C[C@]4(C)[C@H]3CC[C@]2(C)[C@H]1C(=O)CC#N. The van der Waals surface area contributed by atoms with Gasteiger partial charge in [0.25, 0.3) is 0 Å². The number of allylic oxidation sites excluding steroid dienone is 3. The van der Waals surface area contributed by atoms with Crippen LogP contribution in [-0.2, 0) is 9.59 Å². The van der Waals surface area contributed by atoms with Gasteiger partial charge in [0.15, 0.2) is 11.5 Å². The summed E-state index contributed by atoms with van der Waals surface area (Å²) in [6.45, 7) is 6.64. The maximum absolute atomic E-state index is 12.7. The van der Waals surface area contributed by atoms with Crippen molar-refractivity contribution in [2.24, 2.45) is 40.4 Å². The quantitative estimate of drug-likeness (QED) is 0.778. The maximum Gasteiger partial charge on any atom is 0.219 e. The summed E-state index contributed by atoms with van der Waals surface area (Å²) in [5.41, 5.74) is 0.890. The zero-order valence-corrected chi connectivity index (χ0v) is 16.5. The Balaban J connectivity index is 1.69. The number of carbonyl (C=O) groups is 2. The smallest absolute Gasteiger partial charge is 0.219 e. The number of nitriles is 1. The normalized spacial score (nSPS) is 45.7. The highest BCUT2D eigenvalue weighted by atomic mass is 16.3. The Morgan fingerprint density at radius 2 is 2.07 bits per heavy atom. The van der Waals surface area contributed by atoms with E-state index in [2.05, 4.69) is 26.8 Å². The third-order valence-corrected chi connectivity index (χ3v) is 8.58. The second-order valence-corrected chi connectivity index (χ2v) is 9.80. The molecule has 0 amide bonds. The first-order valence-electron chi connectivity index (χ1n) is 10.3. The Morgan fingerprint density at radius 3 is 2.78 bits per heavy atom. The van der Waals surface area contributed by atoms with Gasteiger partial charge in [-0.25, -0.2) is 0 Å². The minimum Gasteiger partial charge on any atom is -0.504 e. The van der Waals surface area contributed by atoms with E-state index >= 15 is 0 Å². The molecule has 4 aliphatic rings. The Kier molecular flexibility index (Phi) is 4.14. The largest absolute Gasteiger partial charge is 0.504 e. The predicted molar refractivity (Wildman–Crippen MR) is 101 cm³/mol. The number of nitrogens with zero attached hydrogens (tertiary/aromatic N) is 1. The minimum atomic E-state index is -0.266. The van der Waals surface area contributed by atoms with E-state index in [9.17, 15) is 14.7 Å². The molecule has 4 heteroatoms. The van der Waals surface area contributed by atoms with Gasteiger partial charge in [-0.1, -0.05) is 26.3 Å². The third-order valence-electron chi connectivity index (χ3n) is 8.58. The van der Waals surface area contributed by atoms with Gasteiger partial charge < -0.3 is 5.11 Å². The van der Waals surface area contributed by atoms with E-state index in [-0.39, 0.29) is 40.5 Å². The van der Waals surface area contributed by atoms with E-state index in [0.717, 1.165) is 32.1 Å². The Labute approximate surface area is 161 Å². The van der Waals surface area contributed by atoms with Crippen LogP contribution in [0.25, 0.3) is 0 Å². The van der Waals surface area contributed by atoms with Crippen LogP contribution >= 0.6 is 0 Å².